The van der Waals surface area contributed by atoms with Gasteiger partial charge in [-0.15, -0.1) is 0 Å². The maximum atomic E-state index is 12.5. The molecule has 2 atom stereocenters. The third-order valence-electron chi connectivity index (χ3n) is 4.92. The number of benzene rings is 1. The summed E-state index contributed by atoms with van der Waals surface area (Å²) in [7, 11) is 1.61. The minimum Gasteiger partial charge on any atom is -0.353 e. The van der Waals surface area contributed by atoms with E-state index in [-0.39, 0.29) is 23.9 Å². The fourth-order valence-corrected chi connectivity index (χ4v) is 3.60. The number of amides is 1. The molecule has 0 radical (unpaired) electrons. The summed E-state index contributed by atoms with van der Waals surface area (Å²) >= 11 is 0. The number of nitrogens with two attached hydrogens (primary N) is 1. The average Bonchev–Trinajstić information content (AvgIpc) is 2.60. The van der Waals surface area contributed by atoms with E-state index in [9.17, 15) is 9.59 Å². The quantitative estimate of drug-likeness (QED) is 0.880. The Labute approximate surface area is 141 Å². The molecule has 1 heterocycles. The van der Waals surface area contributed by atoms with Gasteiger partial charge in [-0.25, -0.2) is 4.68 Å². The zero-order chi connectivity index (χ0) is 17.1. The lowest BCUT2D eigenvalue weighted by Crippen LogP contribution is -2.45. The lowest BCUT2D eigenvalue weighted by molar-refractivity contribution is -0.121. The Morgan fingerprint density at radius 1 is 1.29 bits per heavy atom. The Kier molecular flexibility index (Phi) is 4.94. The van der Waals surface area contributed by atoms with E-state index < -0.39 is 0 Å². The van der Waals surface area contributed by atoms with Crippen LogP contribution in [0.3, 0.4) is 0 Å². The molecule has 24 heavy (non-hydrogen) atoms. The van der Waals surface area contributed by atoms with Crippen LogP contribution in [0.2, 0.25) is 0 Å². The summed E-state index contributed by atoms with van der Waals surface area (Å²) in [5, 5.41) is 8.75. The van der Waals surface area contributed by atoms with Crippen molar-refractivity contribution in [3.8, 4) is 0 Å². The Morgan fingerprint density at radius 3 is 2.75 bits per heavy atom. The molecule has 0 saturated heterocycles. The molecule has 3 rings (SSSR count). The molecular weight excluding hydrogens is 304 g/mol. The summed E-state index contributed by atoms with van der Waals surface area (Å²) in [6, 6.07) is 7.44. The van der Waals surface area contributed by atoms with Gasteiger partial charge in [-0.1, -0.05) is 31.0 Å². The summed E-state index contributed by atoms with van der Waals surface area (Å²) in [6.45, 7) is 0.603. The van der Waals surface area contributed by atoms with Gasteiger partial charge in [-0.2, -0.15) is 5.10 Å². The van der Waals surface area contributed by atoms with Gasteiger partial charge in [-0.3, -0.25) is 9.59 Å². The number of hydrogen-bond donors (Lipinski definition) is 2. The van der Waals surface area contributed by atoms with Gasteiger partial charge < -0.3 is 11.1 Å². The molecule has 1 saturated carbocycles. The molecule has 1 fully saturated rings. The molecule has 6 nitrogen and oxygen atoms in total. The predicted octanol–water partition coefficient (Wildman–Crippen LogP) is 1.11. The van der Waals surface area contributed by atoms with Crippen molar-refractivity contribution >= 4 is 16.7 Å². The second-order valence-corrected chi connectivity index (χ2v) is 6.55. The molecule has 6 heteroatoms. The molecule has 1 aromatic carbocycles. The van der Waals surface area contributed by atoms with Gasteiger partial charge in [-0.05, 0) is 31.4 Å². The van der Waals surface area contributed by atoms with E-state index in [1.165, 1.54) is 11.1 Å². The molecule has 0 spiro atoms. The minimum absolute atomic E-state index is 0.0587. The number of fused-ring (bicyclic) bond motifs is 1. The van der Waals surface area contributed by atoms with Crippen molar-refractivity contribution in [2.45, 2.75) is 38.1 Å². The van der Waals surface area contributed by atoms with Gasteiger partial charge in [0.2, 0.25) is 5.91 Å². The fourth-order valence-electron chi connectivity index (χ4n) is 3.60. The van der Waals surface area contributed by atoms with Crippen LogP contribution < -0.4 is 16.6 Å². The highest BCUT2D eigenvalue weighted by molar-refractivity contribution is 5.88. The summed E-state index contributed by atoms with van der Waals surface area (Å²) in [5.74, 6) is 0.296. The van der Waals surface area contributed by atoms with E-state index in [1.807, 2.05) is 18.2 Å². The van der Waals surface area contributed by atoms with Gasteiger partial charge in [0.25, 0.3) is 5.56 Å². The van der Waals surface area contributed by atoms with Crippen molar-refractivity contribution in [1.29, 1.82) is 0 Å². The molecule has 128 valence electrons. The molecule has 1 amide bonds. The van der Waals surface area contributed by atoms with Crippen LogP contribution in [0.1, 0.15) is 31.4 Å². The van der Waals surface area contributed by atoms with Gasteiger partial charge in [0.15, 0.2) is 0 Å². The first kappa shape index (κ1) is 16.6. The molecule has 3 N–H and O–H groups in total. The summed E-state index contributed by atoms with van der Waals surface area (Å²) < 4.78 is 1.30. The van der Waals surface area contributed by atoms with E-state index in [2.05, 4.69) is 10.4 Å². The van der Waals surface area contributed by atoms with Crippen LogP contribution in [0.4, 0.5) is 0 Å². The normalized spacial score (nSPS) is 20.9. The number of aryl methyl sites for hydroxylation is 1. The van der Waals surface area contributed by atoms with E-state index in [0.29, 0.717) is 23.5 Å². The zero-order valence-corrected chi connectivity index (χ0v) is 14.0. The number of hydrogen-bond acceptors (Lipinski definition) is 4. The minimum atomic E-state index is -0.148. The first-order chi connectivity index (χ1) is 11.6. The third kappa shape index (κ3) is 3.33. The largest absolute Gasteiger partial charge is 0.353 e. The number of nitrogens with zero attached hydrogens (tertiary/aromatic N) is 2. The maximum absolute atomic E-state index is 12.5. The lowest BCUT2D eigenvalue weighted by Gasteiger charge is -2.31. The Morgan fingerprint density at radius 2 is 2.00 bits per heavy atom. The second-order valence-electron chi connectivity index (χ2n) is 6.55. The van der Waals surface area contributed by atoms with E-state index in [1.54, 1.807) is 13.1 Å². The van der Waals surface area contributed by atoms with Crippen LogP contribution in [0.25, 0.3) is 10.8 Å². The highest BCUT2D eigenvalue weighted by Gasteiger charge is 2.25. The number of carbonyl (C=O) groups excluding carboxylic acids is 1. The Balaban J connectivity index is 1.81. The van der Waals surface area contributed by atoms with Crippen molar-refractivity contribution in [1.82, 2.24) is 15.1 Å². The molecule has 2 unspecified atom stereocenters. The van der Waals surface area contributed by atoms with Gasteiger partial charge in [0.05, 0.1) is 17.5 Å². The van der Waals surface area contributed by atoms with Crippen molar-refractivity contribution in [3.05, 3.63) is 40.3 Å². The first-order valence-corrected chi connectivity index (χ1v) is 8.54. The van der Waals surface area contributed by atoms with Crippen LogP contribution >= 0.6 is 0 Å². The topological polar surface area (TPSA) is 90.0 Å². The predicted molar refractivity (Wildman–Crippen MR) is 93.6 cm³/mol. The van der Waals surface area contributed by atoms with Crippen LogP contribution in [0.15, 0.2) is 29.1 Å². The molecule has 0 aliphatic heterocycles. The summed E-state index contributed by atoms with van der Waals surface area (Å²) in [5.41, 5.74) is 6.31. The van der Waals surface area contributed by atoms with E-state index in [0.717, 1.165) is 24.6 Å². The van der Waals surface area contributed by atoms with Gasteiger partial charge in [0, 0.05) is 18.5 Å². The monoisotopic (exact) mass is 328 g/mol. The molecule has 1 aliphatic carbocycles. The number of rotatable bonds is 4. The number of nitrogens with one attached hydrogen (secondary N) is 1. The molecule has 1 aromatic heterocycles. The highest BCUT2D eigenvalue weighted by Crippen LogP contribution is 2.23. The number of carbonyl (C=O) groups is 1. The van der Waals surface area contributed by atoms with Crippen LogP contribution in [-0.4, -0.2) is 28.3 Å². The van der Waals surface area contributed by atoms with Crippen molar-refractivity contribution < 1.29 is 4.79 Å². The van der Waals surface area contributed by atoms with Gasteiger partial charge in [0.1, 0.15) is 0 Å². The van der Waals surface area contributed by atoms with Crippen LogP contribution in [0, 0.1) is 5.92 Å². The lowest BCUT2D eigenvalue weighted by atomic mass is 9.84. The average molecular weight is 328 g/mol. The standard InChI is InChI=1S/C18H24N4O2/c1-22-18(24)14-8-4-3-7-13(14)16(21-22)10-17(23)20-15-9-5-2-6-12(15)11-19/h3-4,7-8,12,15H,2,5-6,9-11,19H2,1H3,(H,20,23). The smallest absolute Gasteiger partial charge is 0.274 e. The van der Waals surface area contributed by atoms with E-state index in [4.69, 9.17) is 5.73 Å². The van der Waals surface area contributed by atoms with Gasteiger partial charge >= 0.3 is 0 Å². The van der Waals surface area contributed by atoms with Crippen LogP contribution in [-0.2, 0) is 18.3 Å². The third-order valence-corrected chi connectivity index (χ3v) is 4.92. The highest BCUT2D eigenvalue weighted by atomic mass is 16.2. The Bertz CT molecular complexity index is 799. The molecule has 2 aromatic rings. The molecule has 0 bridgehead atoms. The zero-order valence-electron chi connectivity index (χ0n) is 14.0. The second kappa shape index (κ2) is 7.13. The fraction of sp³-hybridized carbons (Fsp3) is 0.500. The Hall–Kier alpha value is -2.21. The summed E-state index contributed by atoms with van der Waals surface area (Å²) in [6.07, 6.45) is 4.53. The van der Waals surface area contributed by atoms with Crippen LogP contribution in [0.5, 0.6) is 0 Å². The number of aromatic nitrogens is 2. The SMILES string of the molecule is Cn1nc(CC(=O)NC2CCCCC2CN)c2ccccc2c1=O. The van der Waals surface area contributed by atoms with Crippen molar-refractivity contribution in [3.63, 3.8) is 0 Å². The van der Waals surface area contributed by atoms with E-state index >= 15 is 0 Å². The summed E-state index contributed by atoms with van der Waals surface area (Å²) in [4.78, 5) is 24.7. The molecule has 1 aliphatic rings. The maximum Gasteiger partial charge on any atom is 0.274 e. The van der Waals surface area contributed by atoms with Crippen molar-refractivity contribution in [2.75, 3.05) is 6.54 Å². The van der Waals surface area contributed by atoms with Crippen molar-refractivity contribution in [2.24, 2.45) is 18.7 Å². The molecular formula is C18H24N4O2. The first-order valence-electron chi connectivity index (χ1n) is 8.54.